The number of anilines is 1. The van der Waals surface area contributed by atoms with Crippen molar-refractivity contribution in [2.75, 3.05) is 5.32 Å². The Balaban J connectivity index is 1.47. The maximum atomic E-state index is 12.9. The number of fused-ring (bicyclic) bond motifs is 4. The first-order chi connectivity index (χ1) is 14.9. The summed E-state index contributed by atoms with van der Waals surface area (Å²) < 4.78 is 3.11. The van der Waals surface area contributed by atoms with Crippen molar-refractivity contribution in [2.45, 2.75) is 38.1 Å². The first-order valence-electron chi connectivity index (χ1n) is 9.99. The van der Waals surface area contributed by atoms with E-state index >= 15 is 0 Å². The molecule has 0 saturated carbocycles. The molecule has 0 radical (unpaired) electrons. The molecule has 1 N–H and O–H groups in total. The van der Waals surface area contributed by atoms with Crippen molar-refractivity contribution in [3.8, 4) is 0 Å². The summed E-state index contributed by atoms with van der Waals surface area (Å²) in [6.45, 7) is 8.18. The number of amides is 1. The van der Waals surface area contributed by atoms with Gasteiger partial charge in [0, 0.05) is 5.39 Å². The lowest BCUT2D eigenvalue weighted by Crippen LogP contribution is -2.22. The molecule has 0 spiro atoms. The van der Waals surface area contributed by atoms with E-state index in [2.05, 4.69) is 57.8 Å². The van der Waals surface area contributed by atoms with E-state index in [0.29, 0.717) is 10.3 Å². The Morgan fingerprint density at radius 1 is 1.10 bits per heavy atom. The highest BCUT2D eigenvalue weighted by Crippen LogP contribution is 2.31. The smallest absolute Gasteiger partial charge is 0.239 e. The van der Waals surface area contributed by atoms with Gasteiger partial charge in [0.05, 0.1) is 21.0 Å². The third-order valence-corrected chi connectivity index (χ3v) is 7.27. The van der Waals surface area contributed by atoms with Crippen LogP contribution in [-0.4, -0.2) is 30.7 Å². The Labute approximate surface area is 187 Å². The Kier molecular flexibility index (Phi) is 4.91. The molecule has 0 aliphatic carbocycles. The normalized spacial score (nSPS) is 12.6. The van der Waals surface area contributed by atoms with Crippen LogP contribution < -0.4 is 5.32 Å². The molecule has 5 rings (SSSR count). The number of thiazole rings is 1. The van der Waals surface area contributed by atoms with E-state index in [1.807, 2.05) is 37.3 Å². The second-order valence-electron chi connectivity index (χ2n) is 7.72. The van der Waals surface area contributed by atoms with Gasteiger partial charge in [-0.1, -0.05) is 46.9 Å². The van der Waals surface area contributed by atoms with E-state index in [4.69, 9.17) is 0 Å². The third-order valence-electron chi connectivity index (χ3n) is 5.27. The van der Waals surface area contributed by atoms with Crippen LogP contribution in [0.4, 0.5) is 5.13 Å². The summed E-state index contributed by atoms with van der Waals surface area (Å²) >= 11 is 2.88. The number of carbonyl (C=O) groups is 1. The van der Waals surface area contributed by atoms with Gasteiger partial charge in [0.15, 0.2) is 15.9 Å². The number of pyridine rings is 1. The number of nitrogens with one attached hydrogen (secondary N) is 1. The zero-order chi connectivity index (χ0) is 21.7. The molecule has 3 heterocycles. The predicted molar refractivity (Wildman–Crippen MR) is 128 cm³/mol. The van der Waals surface area contributed by atoms with Gasteiger partial charge in [-0.15, -0.1) is 10.2 Å². The van der Waals surface area contributed by atoms with E-state index in [1.165, 1.54) is 39.6 Å². The average molecular weight is 448 g/mol. The summed E-state index contributed by atoms with van der Waals surface area (Å²) in [6.07, 6.45) is 0. The van der Waals surface area contributed by atoms with Crippen LogP contribution in [0.5, 0.6) is 0 Å². The molecule has 0 saturated heterocycles. The molecule has 0 fully saturated rings. The van der Waals surface area contributed by atoms with Crippen LogP contribution >= 0.6 is 23.1 Å². The molecule has 1 unspecified atom stereocenters. The number of hydrogen-bond donors (Lipinski definition) is 1. The van der Waals surface area contributed by atoms with Gasteiger partial charge in [-0.2, -0.15) is 0 Å². The fourth-order valence-corrected chi connectivity index (χ4v) is 5.56. The van der Waals surface area contributed by atoms with Crippen molar-refractivity contribution >= 4 is 60.9 Å². The van der Waals surface area contributed by atoms with Crippen LogP contribution in [0.2, 0.25) is 0 Å². The largest absolute Gasteiger partial charge is 0.301 e. The lowest BCUT2D eigenvalue weighted by molar-refractivity contribution is -0.115. The van der Waals surface area contributed by atoms with Crippen LogP contribution in [0, 0.1) is 20.8 Å². The molecule has 5 aromatic rings. The number of para-hydroxylation sites is 1. The maximum Gasteiger partial charge on any atom is 0.239 e. The quantitative estimate of drug-likeness (QED) is 0.366. The van der Waals surface area contributed by atoms with E-state index in [1.54, 1.807) is 0 Å². The molecule has 0 aliphatic heterocycles. The summed E-state index contributed by atoms with van der Waals surface area (Å²) in [5.74, 6) is -0.107. The lowest BCUT2D eigenvalue weighted by Gasteiger charge is -2.13. The number of thioether (sulfide) groups is 1. The van der Waals surface area contributed by atoms with Gasteiger partial charge in [-0.25, -0.2) is 4.98 Å². The van der Waals surface area contributed by atoms with E-state index < -0.39 is 0 Å². The van der Waals surface area contributed by atoms with Gasteiger partial charge in [-0.3, -0.25) is 9.20 Å². The number of carbonyl (C=O) groups excluding carboxylic acids is 1. The summed E-state index contributed by atoms with van der Waals surface area (Å²) in [5.41, 5.74) is 6.32. The monoisotopic (exact) mass is 447 g/mol. The number of benzene rings is 2. The van der Waals surface area contributed by atoms with Gasteiger partial charge in [0.1, 0.15) is 0 Å². The minimum atomic E-state index is -0.360. The van der Waals surface area contributed by atoms with Crippen LogP contribution in [0.25, 0.3) is 26.8 Å². The fraction of sp³-hybridized carbons (Fsp3) is 0.217. The summed E-state index contributed by atoms with van der Waals surface area (Å²) in [7, 11) is 0. The third kappa shape index (κ3) is 3.55. The van der Waals surface area contributed by atoms with E-state index in [9.17, 15) is 4.79 Å². The zero-order valence-corrected chi connectivity index (χ0v) is 19.3. The number of rotatable bonds is 4. The summed E-state index contributed by atoms with van der Waals surface area (Å²) in [4.78, 5) is 17.4. The molecule has 8 heteroatoms. The Bertz CT molecular complexity index is 1440. The van der Waals surface area contributed by atoms with Crippen molar-refractivity contribution in [2.24, 2.45) is 0 Å². The van der Waals surface area contributed by atoms with Crippen molar-refractivity contribution < 1.29 is 4.79 Å². The highest BCUT2D eigenvalue weighted by atomic mass is 32.2. The second kappa shape index (κ2) is 7.62. The van der Waals surface area contributed by atoms with Crippen LogP contribution in [0.15, 0.2) is 47.6 Å². The van der Waals surface area contributed by atoms with Crippen LogP contribution in [0.3, 0.4) is 0 Å². The summed E-state index contributed by atoms with van der Waals surface area (Å²) in [5, 5.41) is 13.8. The molecule has 2 aromatic carbocycles. The molecular weight excluding hydrogens is 426 g/mol. The molecule has 3 aromatic heterocycles. The van der Waals surface area contributed by atoms with E-state index in [-0.39, 0.29) is 11.2 Å². The van der Waals surface area contributed by atoms with Crippen molar-refractivity contribution in [3.63, 3.8) is 0 Å². The van der Waals surface area contributed by atoms with Crippen molar-refractivity contribution in [1.29, 1.82) is 0 Å². The number of nitrogens with zero attached hydrogens (tertiary/aromatic N) is 4. The minimum absolute atomic E-state index is 0.107. The van der Waals surface area contributed by atoms with Gasteiger partial charge >= 0.3 is 0 Å². The SMILES string of the molecule is Cc1cc(C)c2c(c1)c(C)cc1nnc(SC(C)C(=O)Nc3nc4ccccc4s3)n12. The van der Waals surface area contributed by atoms with Crippen LogP contribution in [-0.2, 0) is 4.79 Å². The van der Waals surface area contributed by atoms with Crippen LogP contribution in [0.1, 0.15) is 23.6 Å². The van der Waals surface area contributed by atoms with Gasteiger partial charge < -0.3 is 5.32 Å². The average Bonchev–Trinajstić information content (AvgIpc) is 3.31. The number of aryl methyl sites for hydroxylation is 3. The predicted octanol–water partition coefficient (Wildman–Crippen LogP) is 5.54. The standard InChI is InChI=1S/C23H21N5OS2/c1-12-9-14(3)20-16(10-12)13(2)11-19-26-27-23(28(19)20)30-15(4)21(29)25-22-24-17-7-5-6-8-18(17)31-22/h5-11,15H,1-4H3,(H,24,25,29). The molecule has 31 heavy (non-hydrogen) atoms. The zero-order valence-electron chi connectivity index (χ0n) is 17.6. The molecule has 156 valence electrons. The van der Waals surface area contributed by atoms with E-state index in [0.717, 1.165) is 26.9 Å². The lowest BCUT2D eigenvalue weighted by atomic mass is 10.0. The Hall–Kier alpha value is -2.97. The molecule has 1 amide bonds. The molecule has 6 nitrogen and oxygen atoms in total. The molecule has 0 bridgehead atoms. The summed E-state index contributed by atoms with van der Waals surface area (Å²) in [6, 6.07) is 14.3. The maximum absolute atomic E-state index is 12.9. The van der Waals surface area contributed by atoms with Gasteiger partial charge in [-0.05, 0) is 63.1 Å². The van der Waals surface area contributed by atoms with Gasteiger partial charge in [0.25, 0.3) is 0 Å². The topological polar surface area (TPSA) is 72.2 Å². The van der Waals surface area contributed by atoms with Crippen molar-refractivity contribution in [1.82, 2.24) is 19.6 Å². The molecule has 1 atom stereocenters. The molecular formula is C23H21N5OS2. The van der Waals surface area contributed by atoms with Gasteiger partial charge in [0.2, 0.25) is 5.91 Å². The fourth-order valence-electron chi connectivity index (χ4n) is 3.83. The Morgan fingerprint density at radius 2 is 1.90 bits per heavy atom. The number of hydrogen-bond acceptors (Lipinski definition) is 6. The molecule has 0 aliphatic rings. The Morgan fingerprint density at radius 3 is 2.71 bits per heavy atom. The highest BCUT2D eigenvalue weighted by molar-refractivity contribution is 8.00. The first-order valence-corrected chi connectivity index (χ1v) is 11.7. The first kappa shape index (κ1) is 20.0. The number of aromatic nitrogens is 4. The minimum Gasteiger partial charge on any atom is -0.301 e. The highest BCUT2D eigenvalue weighted by Gasteiger charge is 2.21. The van der Waals surface area contributed by atoms with Crippen molar-refractivity contribution in [3.05, 3.63) is 59.2 Å². The second-order valence-corrected chi connectivity index (χ2v) is 10.1.